The van der Waals surface area contributed by atoms with Crippen LogP contribution < -0.4 is 16.0 Å². The number of esters is 1. The summed E-state index contributed by atoms with van der Waals surface area (Å²) in [6.45, 7) is 7.76. The maximum Gasteiger partial charge on any atom is 0.308 e. The van der Waals surface area contributed by atoms with Crippen molar-refractivity contribution < 1.29 is 23.9 Å². The van der Waals surface area contributed by atoms with Gasteiger partial charge in [0, 0.05) is 63.2 Å². The fourth-order valence-corrected chi connectivity index (χ4v) is 5.37. The number of pyridine rings is 1. The average Bonchev–Trinajstić information content (AvgIpc) is 3.56. The number of para-hydroxylation sites is 1. The molecule has 2 aromatic rings. The highest BCUT2D eigenvalue weighted by Gasteiger charge is 2.30. The third-order valence-electron chi connectivity index (χ3n) is 7.93. The van der Waals surface area contributed by atoms with E-state index < -0.39 is 12.0 Å². The first-order valence-corrected chi connectivity index (χ1v) is 15.3. The van der Waals surface area contributed by atoms with Gasteiger partial charge in [-0.3, -0.25) is 29.2 Å². The van der Waals surface area contributed by atoms with Gasteiger partial charge in [-0.25, -0.2) is 0 Å². The van der Waals surface area contributed by atoms with Crippen LogP contribution >= 0.6 is 0 Å². The lowest BCUT2D eigenvalue weighted by Gasteiger charge is -2.32. The molecule has 43 heavy (non-hydrogen) atoms. The van der Waals surface area contributed by atoms with Gasteiger partial charge in [-0.1, -0.05) is 18.2 Å². The van der Waals surface area contributed by atoms with E-state index >= 15 is 0 Å². The molecule has 1 fully saturated rings. The summed E-state index contributed by atoms with van der Waals surface area (Å²) in [5.41, 5.74) is 1.49. The molecule has 0 saturated carbocycles. The summed E-state index contributed by atoms with van der Waals surface area (Å²) in [6.07, 6.45) is 3.76. The molecule has 1 atom stereocenters. The summed E-state index contributed by atoms with van der Waals surface area (Å²) in [5.74, 6) is -0.420. The van der Waals surface area contributed by atoms with Crippen molar-refractivity contribution in [1.82, 2.24) is 30.7 Å². The first kappa shape index (κ1) is 31.7. The van der Waals surface area contributed by atoms with Gasteiger partial charge in [0.05, 0.1) is 24.5 Å². The lowest BCUT2D eigenvalue weighted by Crippen LogP contribution is -2.44. The van der Waals surface area contributed by atoms with Crippen LogP contribution in [0.15, 0.2) is 41.5 Å². The number of carbonyl (C=O) groups is 4. The second-order valence-electron chi connectivity index (χ2n) is 10.8. The predicted octanol–water partition coefficient (Wildman–Crippen LogP) is 1.76. The molecular formula is C31H43N7O5. The Labute approximate surface area is 252 Å². The molecule has 3 N–H and O–H groups in total. The van der Waals surface area contributed by atoms with Crippen LogP contribution in [0, 0.1) is 5.92 Å². The first-order valence-electron chi connectivity index (χ1n) is 15.3. The van der Waals surface area contributed by atoms with Gasteiger partial charge in [0.25, 0.3) is 5.91 Å². The molecule has 12 heteroatoms. The minimum Gasteiger partial charge on any atom is -0.455 e. The molecule has 4 rings (SSSR count). The van der Waals surface area contributed by atoms with E-state index in [0.29, 0.717) is 64.0 Å². The van der Waals surface area contributed by atoms with Crippen LogP contribution in [0.25, 0.3) is 10.9 Å². The second-order valence-corrected chi connectivity index (χ2v) is 10.8. The zero-order valence-corrected chi connectivity index (χ0v) is 25.1. The van der Waals surface area contributed by atoms with Gasteiger partial charge in [-0.05, 0) is 50.8 Å². The molecule has 0 spiro atoms. The molecule has 1 aromatic carbocycles. The van der Waals surface area contributed by atoms with Crippen LogP contribution in [-0.2, 0) is 23.9 Å². The lowest BCUT2D eigenvalue weighted by atomic mass is 9.94. The Morgan fingerprint density at radius 2 is 1.91 bits per heavy atom. The molecule has 0 bridgehead atoms. The average molecular weight is 594 g/mol. The number of aliphatic imine (C=N–C) groups is 1. The van der Waals surface area contributed by atoms with Gasteiger partial charge < -0.3 is 30.5 Å². The monoisotopic (exact) mass is 593 g/mol. The molecule has 2 aliphatic heterocycles. The van der Waals surface area contributed by atoms with Crippen LogP contribution in [0.2, 0.25) is 0 Å². The molecule has 3 heterocycles. The van der Waals surface area contributed by atoms with Crippen molar-refractivity contribution in [3.8, 4) is 0 Å². The number of aromatic nitrogens is 1. The van der Waals surface area contributed by atoms with Gasteiger partial charge in [-0.2, -0.15) is 0 Å². The van der Waals surface area contributed by atoms with E-state index in [4.69, 9.17) is 4.74 Å². The number of benzene rings is 1. The first-order chi connectivity index (χ1) is 20.9. The highest BCUT2D eigenvalue weighted by atomic mass is 16.5. The summed E-state index contributed by atoms with van der Waals surface area (Å²) in [5, 5.41) is 10.3. The number of hydrogen-bond acceptors (Lipinski definition) is 9. The number of nitrogens with zero attached hydrogens (tertiary/aromatic N) is 4. The number of amides is 3. The number of rotatable bonds is 13. The van der Waals surface area contributed by atoms with Crippen LogP contribution in [0.5, 0.6) is 0 Å². The van der Waals surface area contributed by atoms with Crippen molar-refractivity contribution in [3.63, 3.8) is 0 Å². The molecule has 1 aromatic heterocycles. The van der Waals surface area contributed by atoms with E-state index in [1.807, 2.05) is 49.1 Å². The van der Waals surface area contributed by atoms with Gasteiger partial charge in [0.15, 0.2) is 12.6 Å². The number of guanidine groups is 1. The van der Waals surface area contributed by atoms with E-state index in [2.05, 4.69) is 25.9 Å². The van der Waals surface area contributed by atoms with Crippen molar-refractivity contribution in [1.29, 1.82) is 0 Å². The van der Waals surface area contributed by atoms with E-state index in [1.54, 1.807) is 11.1 Å². The number of ether oxygens (including phenoxy) is 1. The minimum atomic E-state index is -0.674. The highest BCUT2D eigenvalue weighted by molar-refractivity contribution is 5.84. The highest BCUT2D eigenvalue weighted by Crippen LogP contribution is 2.24. The zero-order valence-electron chi connectivity index (χ0n) is 25.1. The number of nitrogens with one attached hydrogen (secondary N) is 3. The number of hydrogen-bond donors (Lipinski definition) is 3. The standard InChI is InChI=1S/C31H43N7O5/c1-3-37(4-2)28(40)21-43-29(41)19-26(24-18-23-8-5-6-9-25(23)35-20-24)36-30(42)22-11-16-38(17-12-22)27(39)10-7-13-32-31-33-14-15-34-31/h5-6,8-9,18,20,22,26H,3-4,7,10-17,19,21H2,1-2H3,(H,36,42)(H2,32,33,34). The molecule has 1 saturated heterocycles. The quantitative estimate of drug-likeness (QED) is 0.235. The summed E-state index contributed by atoms with van der Waals surface area (Å²) in [7, 11) is 0. The molecule has 0 radical (unpaired) electrons. The number of likely N-dealkylation sites (tertiary alicyclic amines) is 1. The van der Waals surface area contributed by atoms with Crippen LogP contribution in [0.1, 0.15) is 57.6 Å². The van der Waals surface area contributed by atoms with Crippen molar-refractivity contribution in [2.75, 3.05) is 52.4 Å². The summed E-state index contributed by atoms with van der Waals surface area (Å²) >= 11 is 0. The Bertz CT molecular complexity index is 1300. The third-order valence-corrected chi connectivity index (χ3v) is 7.93. The van der Waals surface area contributed by atoms with Crippen LogP contribution in [0.3, 0.4) is 0 Å². The van der Waals surface area contributed by atoms with Gasteiger partial charge in [0.2, 0.25) is 11.8 Å². The topological polar surface area (TPSA) is 145 Å². The summed E-state index contributed by atoms with van der Waals surface area (Å²) < 4.78 is 5.30. The van der Waals surface area contributed by atoms with Gasteiger partial charge in [-0.15, -0.1) is 0 Å². The molecule has 3 amide bonds. The molecule has 232 valence electrons. The number of likely N-dealkylation sites (N-methyl/N-ethyl adjacent to an activating group) is 1. The third kappa shape index (κ3) is 9.13. The SMILES string of the molecule is CCN(CC)C(=O)COC(=O)CC(NC(=O)C1CCN(C(=O)CCCNC2=NCCN2)CC1)c1cnc2ccccc2c1. The Morgan fingerprint density at radius 1 is 1.14 bits per heavy atom. The van der Waals surface area contributed by atoms with Crippen molar-refractivity contribution in [2.24, 2.45) is 10.9 Å². The fourth-order valence-electron chi connectivity index (χ4n) is 5.37. The largest absolute Gasteiger partial charge is 0.455 e. The molecule has 2 aliphatic rings. The van der Waals surface area contributed by atoms with Gasteiger partial charge in [0.1, 0.15) is 0 Å². The maximum atomic E-state index is 13.4. The fraction of sp³-hybridized carbons (Fsp3) is 0.548. The Kier molecular flexibility index (Phi) is 11.7. The predicted molar refractivity (Wildman–Crippen MR) is 163 cm³/mol. The Hall–Kier alpha value is -4.22. The minimum absolute atomic E-state index is 0.0871. The summed E-state index contributed by atoms with van der Waals surface area (Å²) in [4.78, 5) is 63.5. The lowest BCUT2D eigenvalue weighted by molar-refractivity contribution is -0.152. The van der Waals surface area contributed by atoms with E-state index in [1.165, 1.54) is 0 Å². The second kappa shape index (κ2) is 15.9. The number of piperidine rings is 1. The molecule has 0 aliphatic carbocycles. The summed E-state index contributed by atoms with van der Waals surface area (Å²) in [6, 6.07) is 8.86. The molecule has 1 unspecified atom stereocenters. The number of carbonyl (C=O) groups excluding carboxylic acids is 4. The van der Waals surface area contributed by atoms with Gasteiger partial charge >= 0.3 is 5.97 Å². The van der Waals surface area contributed by atoms with Crippen molar-refractivity contribution >= 4 is 40.6 Å². The normalized spacial score (nSPS) is 15.8. The van der Waals surface area contributed by atoms with Crippen LogP contribution in [0.4, 0.5) is 0 Å². The smallest absolute Gasteiger partial charge is 0.308 e. The molecule has 12 nitrogen and oxygen atoms in total. The van der Waals surface area contributed by atoms with E-state index in [-0.39, 0.29) is 36.7 Å². The van der Waals surface area contributed by atoms with Crippen molar-refractivity contribution in [3.05, 3.63) is 42.1 Å². The Balaban J connectivity index is 1.32. The maximum absolute atomic E-state index is 13.4. The van der Waals surface area contributed by atoms with Crippen molar-refractivity contribution in [2.45, 2.75) is 52.0 Å². The van der Waals surface area contributed by atoms with Crippen LogP contribution in [-0.4, -0.2) is 96.9 Å². The van der Waals surface area contributed by atoms with E-state index in [0.717, 1.165) is 30.0 Å². The zero-order chi connectivity index (χ0) is 30.6. The number of fused-ring (bicyclic) bond motifs is 1. The van der Waals surface area contributed by atoms with E-state index in [9.17, 15) is 19.2 Å². The molecular weight excluding hydrogens is 550 g/mol. The Morgan fingerprint density at radius 3 is 2.63 bits per heavy atom.